The first-order valence-electron chi connectivity index (χ1n) is 7.73. The van der Waals surface area contributed by atoms with Crippen LogP contribution in [-0.2, 0) is 14.8 Å². The molecule has 1 heterocycles. The van der Waals surface area contributed by atoms with Crippen LogP contribution in [0.4, 0.5) is 0 Å². The summed E-state index contributed by atoms with van der Waals surface area (Å²) < 4.78 is 29.9. The minimum atomic E-state index is -3.18. The van der Waals surface area contributed by atoms with Gasteiger partial charge in [0.1, 0.15) is 5.75 Å². The van der Waals surface area contributed by atoms with E-state index in [1.54, 1.807) is 4.90 Å². The molecular weight excluding hydrogens is 316 g/mol. The van der Waals surface area contributed by atoms with Gasteiger partial charge >= 0.3 is 0 Å². The van der Waals surface area contributed by atoms with Crippen LogP contribution in [0.1, 0.15) is 25.3 Å². The molecule has 1 aliphatic heterocycles. The summed E-state index contributed by atoms with van der Waals surface area (Å²) in [5.41, 5.74) is 1.16. The molecule has 0 spiro atoms. The highest BCUT2D eigenvalue weighted by molar-refractivity contribution is 7.88. The average molecular weight is 340 g/mol. The number of nitrogens with zero attached hydrogens (tertiary/aromatic N) is 2. The minimum absolute atomic E-state index is 0.0274. The van der Waals surface area contributed by atoms with Crippen molar-refractivity contribution in [3.05, 3.63) is 29.8 Å². The number of rotatable bonds is 5. The molecule has 1 saturated heterocycles. The maximum atomic E-state index is 12.2. The van der Waals surface area contributed by atoms with E-state index >= 15 is 0 Å². The smallest absolute Gasteiger partial charge is 0.260 e. The van der Waals surface area contributed by atoms with Gasteiger partial charge in [0.15, 0.2) is 6.61 Å². The van der Waals surface area contributed by atoms with E-state index in [1.165, 1.54) is 10.6 Å². The molecule has 0 saturated carbocycles. The number of piperazine rings is 1. The average Bonchev–Trinajstić information content (AvgIpc) is 2.52. The van der Waals surface area contributed by atoms with E-state index in [0.717, 1.165) is 5.56 Å². The van der Waals surface area contributed by atoms with Crippen molar-refractivity contribution in [3.8, 4) is 5.75 Å². The van der Waals surface area contributed by atoms with Crippen LogP contribution in [0, 0.1) is 0 Å². The second-order valence-electron chi connectivity index (χ2n) is 6.06. The first kappa shape index (κ1) is 17.7. The van der Waals surface area contributed by atoms with Gasteiger partial charge in [-0.05, 0) is 23.6 Å². The van der Waals surface area contributed by atoms with E-state index in [2.05, 4.69) is 13.8 Å². The number of hydrogen-bond acceptors (Lipinski definition) is 4. The number of benzene rings is 1. The Hall–Kier alpha value is -1.60. The molecule has 0 radical (unpaired) electrons. The summed E-state index contributed by atoms with van der Waals surface area (Å²) in [5, 5.41) is 0. The Labute approximate surface area is 138 Å². The summed E-state index contributed by atoms with van der Waals surface area (Å²) in [7, 11) is -3.18. The fourth-order valence-corrected chi connectivity index (χ4v) is 3.30. The van der Waals surface area contributed by atoms with Crippen molar-refractivity contribution in [1.82, 2.24) is 9.21 Å². The van der Waals surface area contributed by atoms with Crippen molar-refractivity contribution >= 4 is 15.9 Å². The van der Waals surface area contributed by atoms with Crippen LogP contribution in [0.3, 0.4) is 0 Å². The Bertz CT molecular complexity index is 650. The van der Waals surface area contributed by atoms with Crippen LogP contribution >= 0.6 is 0 Å². The normalized spacial score (nSPS) is 16.6. The van der Waals surface area contributed by atoms with Gasteiger partial charge in [0.2, 0.25) is 10.0 Å². The standard InChI is InChI=1S/C16H24N2O4S/c1-13(2)14-5-4-6-15(11-14)22-12-16(19)17-7-9-18(10-8-17)23(3,20)21/h4-6,11,13H,7-10,12H2,1-3H3. The lowest BCUT2D eigenvalue weighted by atomic mass is 10.0. The number of hydrogen-bond donors (Lipinski definition) is 0. The van der Waals surface area contributed by atoms with Crippen LogP contribution in [0.15, 0.2) is 24.3 Å². The van der Waals surface area contributed by atoms with Crippen molar-refractivity contribution < 1.29 is 17.9 Å². The first-order valence-corrected chi connectivity index (χ1v) is 9.58. The quantitative estimate of drug-likeness (QED) is 0.810. The summed E-state index contributed by atoms with van der Waals surface area (Å²) in [6.07, 6.45) is 1.19. The minimum Gasteiger partial charge on any atom is -0.484 e. The lowest BCUT2D eigenvalue weighted by molar-refractivity contribution is -0.134. The molecule has 1 fully saturated rings. The van der Waals surface area contributed by atoms with Gasteiger partial charge in [-0.15, -0.1) is 0 Å². The number of amides is 1. The Morgan fingerprint density at radius 2 is 1.87 bits per heavy atom. The highest BCUT2D eigenvalue weighted by Gasteiger charge is 2.26. The topological polar surface area (TPSA) is 66.9 Å². The fourth-order valence-electron chi connectivity index (χ4n) is 2.47. The Balaban J connectivity index is 1.85. The molecule has 0 aromatic heterocycles. The lowest BCUT2D eigenvalue weighted by Gasteiger charge is -2.33. The maximum absolute atomic E-state index is 12.2. The third-order valence-electron chi connectivity index (χ3n) is 3.95. The Kier molecular flexibility index (Phi) is 5.64. The van der Waals surface area contributed by atoms with E-state index < -0.39 is 10.0 Å². The van der Waals surface area contributed by atoms with Crippen molar-refractivity contribution in [2.24, 2.45) is 0 Å². The zero-order valence-electron chi connectivity index (χ0n) is 13.9. The summed E-state index contributed by atoms with van der Waals surface area (Å²) in [4.78, 5) is 13.8. The van der Waals surface area contributed by atoms with Crippen molar-refractivity contribution in [2.75, 3.05) is 39.0 Å². The molecule has 1 amide bonds. The molecule has 0 aliphatic carbocycles. The molecule has 2 rings (SSSR count). The Morgan fingerprint density at radius 3 is 2.43 bits per heavy atom. The van der Waals surface area contributed by atoms with Crippen LogP contribution in [-0.4, -0.2) is 62.6 Å². The van der Waals surface area contributed by atoms with E-state index in [-0.39, 0.29) is 12.5 Å². The maximum Gasteiger partial charge on any atom is 0.260 e. The van der Waals surface area contributed by atoms with Gasteiger partial charge in [-0.2, -0.15) is 4.31 Å². The predicted octanol–water partition coefficient (Wildman–Crippen LogP) is 1.29. The van der Waals surface area contributed by atoms with E-state index in [1.807, 2.05) is 24.3 Å². The van der Waals surface area contributed by atoms with Gasteiger partial charge < -0.3 is 9.64 Å². The van der Waals surface area contributed by atoms with Crippen molar-refractivity contribution in [1.29, 1.82) is 0 Å². The summed E-state index contributed by atoms with van der Waals surface area (Å²) >= 11 is 0. The van der Waals surface area contributed by atoms with Crippen LogP contribution in [0.25, 0.3) is 0 Å². The summed E-state index contributed by atoms with van der Waals surface area (Å²) in [6.45, 7) is 5.67. The molecule has 23 heavy (non-hydrogen) atoms. The van der Waals surface area contributed by atoms with Crippen LogP contribution < -0.4 is 4.74 Å². The molecule has 1 aliphatic rings. The van der Waals surface area contributed by atoms with Crippen LogP contribution in [0.5, 0.6) is 5.75 Å². The molecule has 0 bridgehead atoms. The molecule has 1 aromatic carbocycles. The third kappa shape index (κ3) is 4.94. The van der Waals surface area contributed by atoms with Crippen molar-refractivity contribution in [2.45, 2.75) is 19.8 Å². The second-order valence-corrected chi connectivity index (χ2v) is 8.04. The summed E-state index contributed by atoms with van der Waals surface area (Å²) in [6, 6.07) is 7.73. The number of carbonyl (C=O) groups excluding carboxylic acids is 1. The molecule has 0 N–H and O–H groups in total. The van der Waals surface area contributed by atoms with Gasteiger partial charge in [-0.3, -0.25) is 4.79 Å². The van der Waals surface area contributed by atoms with E-state index in [4.69, 9.17) is 4.74 Å². The van der Waals surface area contributed by atoms with Gasteiger partial charge in [-0.1, -0.05) is 26.0 Å². The van der Waals surface area contributed by atoms with Crippen molar-refractivity contribution in [3.63, 3.8) is 0 Å². The summed E-state index contributed by atoms with van der Waals surface area (Å²) in [5.74, 6) is 0.964. The largest absolute Gasteiger partial charge is 0.484 e. The van der Waals surface area contributed by atoms with Gasteiger partial charge in [0, 0.05) is 26.2 Å². The van der Waals surface area contributed by atoms with Gasteiger partial charge in [0.05, 0.1) is 6.26 Å². The van der Waals surface area contributed by atoms with E-state index in [9.17, 15) is 13.2 Å². The molecule has 6 nitrogen and oxygen atoms in total. The molecule has 0 atom stereocenters. The zero-order valence-corrected chi connectivity index (χ0v) is 14.7. The third-order valence-corrected chi connectivity index (χ3v) is 5.25. The lowest BCUT2D eigenvalue weighted by Crippen LogP contribution is -2.51. The number of carbonyl (C=O) groups is 1. The van der Waals surface area contributed by atoms with E-state index in [0.29, 0.717) is 37.8 Å². The first-order chi connectivity index (χ1) is 10.8. The Morgan fingerprint density at radius 1 is 1.22 bits per heavy atom. The SMILES string of the molecule is CC(C)c1cccc(OCC(=O)N2CCN(S(C)(=O)=O)CC2)c1. The molecule has 7 heteroatoms. The molecular formula is C16H24N2O4S. The number of ether oxygens (including phenoxy) is 1. The highest BCUT2D eigenvalue weighted by atomic mass is 32.2. The van der Waals surface area contributed by atoms with Crippen LogP contribution in [0.2, 0.25) is 0 Å². The van der Waals surface area contributed by atoms with Gasteiger partial charge in [0.25, 0.3) is 5.91 Å². The fraction of sp³-hybridized carbons (Fsp3) is 0.562. The molecule has 1 aromatic rings. The predicted molar refractivity (Wildman–Crippen MR) is 89.0 cm³/mol. The molecule has 0 unspecified atom stereocenters. The zero-order chi connectivity index (χ0) is 17.0. The van der Waals surface area contributed by atoms with Gasteiger partial charge in [-0.25, -0.2) is 8.42 Å². The monoisotopic (exact) mass is 340 g/mol. The molecule has 128 valence electrons. The highest BCUT2D eigenvalue weighted by Crippen LogP contribution is 2.20. The second kappa shape index (κ2) is 7.31. The number of sulfonamides is 1.